The highest BCUT2D eigenvalue weighted by atomic mass is 79.9. The van der Waals surface area contributed by atoms with Gasteiger partial charge < -0.3 is 10.8 Å². The highest BCUT2D eigenvalue weighted by Crippen LogP contribution is 2.27. The number of hydrogen-bond donors (Lipinski definition) is 3. The summed E-state index contributed by atoms with van der Waals surface area (Å²) in [5, 5.41) is 9.33. The van der Waals surface area contributed by atoms with E-state index in [9.17, 15) is 13.5 Å². The first kappa shape index (κ1) is 14.7. The minimum Gasteiger partial charge on any atom is -0.506 e. The molecule has 0 bridgehead atoms. The second kappa shape index (κ2) is 5.34. The van der Waals surface area contributed by atoms with Crippen LogP contribution in [-0.4, -0.2) is 13.5 Å². The summed E-state index contributed by atoms with van der Waals surface area (Å²) in [7, 11) is -3.75. The molecule has 5 nitrogen and oxygen atoms in total. The number of aryl methyl sites for hydroxylation is 1. The van der Waals surface area contributed by atoms with Crippen LogP contribution in [0.2, 0.25) is 0 Å². The third-order valence-electron chi connectivity index (χ3n) is 2.75. The third kappa shape index (κ3) is 3.05. The Morgan fingerprint density at radius 3 is 2.55 bits per heavy atom. The first-order valence-electron chi connectivity index (χ1n) is 5.67. The van der Waals surface area contributed by atoms with E-state index in [4.69, 9.17) is 5.73 Å². The standard InChI is InChI=1S/C13H13BrN2O3S/c1-8-2-3-9(14)6-12(8)16-20(18,19)10-4-5-13(17)11(15)7-10/h2-7,16-17H,15H2,1H3. The zero-order chi connectivity index (χ0) is 14.9. The maximum atomic E-state index is 12.3. The van der Waals surface area contributed by atoms with E-state index >= 15 is 0 Å². The quantitative estimate of drug-likeness (QED) is 0.582. The van der Waals surface area contributed by atoms with Crippen LogP contribution >= 0.6 is 15.9 Å². The van der Waals surface area contributed by atoms with Gasteiger partial charge in [-0.15, -0.1) is 0 Å². The molecule has 0 aliphatic carbocycles. The molecule has 2 aromatic carbocycles. The first-order valence-corrected chi connectivity index (χ1v) is 7.95. The topological polar surface area (TPSA) is 92.4 Å². The van der Waals surface area contributed by atoms with Gasteiger partial charge in [-0.05, 0) is 42.8 Å². The number of nitrogens with one attached hydrogen (secondary N) is 1. The Morgan fingerprint density at radius 2 is 1.90 bits per heavy atom. The van der Waals surface area contributed by atoms with E-state index in [0.717, 1.165) is 10.0 Å². The molecule has 0 saturated carbocycles. The van der Waals surface area contributed by atoms with Crippen LogP contribution in [0.4, 0.5) is 11.4 Å². The van der Waals surface area contributed by atoms with Crippen LogP contribution in [0.15, 0.2) is 45.8 Å². The van der Waals surface area contributed by atoms with Crippen LogP contribution < -0.4 is 10.5 Å². The Bertz CT molecular complexity index is 760. The molecule has 0 saturated heterocycles. The normalized spacial score (nSPS) is 11.3. The molecule has 0 fully saturated rings. The number of hydrogen-bond acceptors (Lipinski definition) is 4. The Kier molecular flexibility index (Phi) is 3.92. The van der Waals surface area contributed by atoms with Crippen molar-refractivity contribution in [3.05, 3.63) is 46.4 Å². The van der Waals surface area contributed by atoms with Gasteiger partial charge >= 0.3 is 0 Å². The molecule has 0 heterocycles. The van der Waals surface area contributed by atoms with Crippen LogP contribution in [0.25, 0.3) is 0 Å². The lowest BCUT2D eigenvalue weighted by atomic mass is 10.2. The van der Waals surface area contributed by atoms with Crippen molar-refractivity contribution >= 4 is 37.3 Å². The van der Waals surface area contributed by atoms with E-state index in [1.807, 2.05) is 6.07 Å². The summed E-state index contributed by atoms with van der Waals surface area (Å²) in [6.07, 6.45) is 0. The minimum absolute atomic E-state index is 0.00724. The Balaban J connectivity index is 2.40. The van der Waals surface area contributed by atoms with Gasteiger partial charge in [0.1, 0.15) is 5.75 Å². The molecule has 7 heteroatoms. The molecule has 0 amide bonds. The van der Waals surface area contributed by atoms with Gasteiger partial charge in [0.2, 0.25) is 0 Å². The van der Waals surface area contributed by atoms with Crippen molar-refractivity contribution in [1.29, 1.82) is 0 Å². The van der Waals surface area contributed by atoms with Gasteiger partial charge in [0.15, 0.2) is 0 Å². The molecule has 0 spiro atoms. The number of nitrogens with two attached hydrogens (primary N) is 1. The highest BCUT2D eigenvalue weighted by molar-refractivity contribution is 9.10. The van der Waals surface area contributed by atoms with Gasteiger partial charge in [0, 0.05) is 4.47 Å². The van der Waals surface area contributed by atoms with Crippen molar-refractivity contribution in [3.63, 3.8) is 0 Å². The first-order chi connectivity index (χ1) is 9.29. The molecule has 2 rings (SSSR count). The summed E-state index contributed by atoms with van der Waals surface area (Å²) in [6, 6.07) is 9.06. The van der Waals surface area contributed by atoms with E-state index in [1.54, 1.807) is 19.1 Å². The molecule has 0 aliphatic rings. The number of benzene rings is 2. The fourth-order valence-electron chi connectivity index (χ4n) is 1.61. The fourth-order valence-corrected chi connectivity index (χ4v) is 3.13. The molecule has 20 heavy (non-hydrogen) atoms. The van der Waals surface area contributed by atoms with Crippen molar-refractivity contribution < 1.29 is 13.5 Å². The number of nitrogen functional groups attached to an aromatic ring is 1. The van der Waals surface area contributed by atoms with E-state index < -0.39 is 10.0 Å². The molecule has 4 N–H and O–H groups in total. The number of aromatic hydroxyl groups is 1. The summed E-state index contributed by atoms with van der Waals surface area (Å²) in [5.74, 6) is -0.150. The van der Waals surface area contributed by atoms with E-state index in [-0.39, 0.29) is 16.3 Å². The second-order valence-electron chi connectivity index (χ2n) is 4.29. The average molecular weight is 357 g/mol. The van der Waals surface area contributed by atoms with Crippen LogP contribution in [0.1, 0.15) is 5.56 Å². The number of phenols is 1. The fraction of sp³-hybridized carbons (Fsp3) is 0.0769. The summed E-state index contributed by atoms with van der Waals surface area (Å²) in [5.41, 5.74) is 6.80. The predicted octanol–water partition coefficient (Wildman–Crippen LogP) is 2.85. The van der Waals surface area contributed by atoms with Crippen LogP contribution in [-0.2, 0) is 10.0 Å². The summed E-state index contributed by atoms with van der Waals surface area (Å²) in [6.45, 7) is 1.80. The average Bonchev–Trinajstić information content (AvgIpc) is 2.36. The number of anilines is 2. The lowest BCUT2D eigenvalue weighted by molar-refractivity contribution is 0.477. The molecular weight excluding hydrogens is 344 g/mol. The number of rotatable bonds is 3. The van der Waals surface area contributed by atoms with Crippen molar-refractivity contribution in [2.45, 2.75) is 11.8 Å². The zero-order valence-corrected chi connectivity index (χ0v) is 13.0. The summed E-state index contributed by atoms with van der Waals surface area (Å²) >= 11 is 3.29. The minimum atomic E-state index is -3.75. The summed E-state index contributed by atoms with van der Waals surface area (Å²) < 4.78 is 27.8. The van der Waals surface area contributed by atoms with Gasteiger partial charge in [-0.25, -0.2) is 8.42 Å². The molecule has 2 aromatic rings. The second-order valence-corrected chi connectivity index (χ2v) is 6.88. The monoisotopic (exact) mass is 356 g/mol. The SMILES string of the molecule is Cc1ccc(Br)cc1NS(=O)(=O)c1ccc(O)c(N)c1. The Hall–Kier alpha value is -1.73. The van der Waals surface area contributed by atoms with E-state index in [2.05, 4.69) is 20.7 Å². The molecular formula is C13H13BrN2O3S. The molecule has 0 unspecified atom stereocenters. The maximum Gasteiger partial charge on any atom is 0.261 e. The van der Waals surface area contributed by atoms with E-state index in [1.165, 1.54) is 18.2 Å². The van der Waals surface area contributed by atoms with E-state index in [0.29, 0.717) is 5.69 Å². The maximum absolute atomic E-state index is 12.3. The Labute approximate surface area is 125 Å². The molecule has 0 aliphatic heterocycles. The van der Waals surface area contributed by atoms with Crippen molar-refractivity contribution in [1.82, 2.24) is 0 Å². The number of sulfonamides is 1. The van der Waals surface area contributed by atoms with Gasteiger partial charge in [0.05, 0.1) is 16.3 Å². The summed E-state index contributed by atoms with van der Waals surface area (Å²) in [4.78, 5) is -0.00724. The molecule has 0 aromatic heterocycles. The van der Waals surface area contributed by atoms with Crippen molar-refractivity contribution in [2.75, 3.05) is 10.5 Å². The van der Waals surface area contributed by atoms with Gasteiger partial charge in [-0.2, -0.15) is 0 Å². The largest absolute Gasteiger partial charge is 0.506 e. The molecule has 0 atom stereocenters. The Morgan fingerprint density at radius 1 is 1.20 bits per heavy atom. The zero-order valence-electron chi connectivity index (χ0n) is 10.6. The van der Waals surface area contributed by atoms with Crippen molar-refractivity contribution in [3.8, 4) is 5.75 Å². The van der Waals surface area contributed by atoms with Crippen LogP contribution in [0.3, 0.4) is 0 Å². The third-order valence-corrected chi connectivity index (χ3v) is 4.61. The number of halogens is 1. The van der Waals surface area contributed by atoms with Crippen LogP contribution in [0, 0.1) is 6.92 Å². The highest BCUT2D eigenvalue weighted by Gasteiger charge is 2.16. The predicted molar refractivity (Wildman–Crippen MR) is 82.2 cm³/mol. The molecule has 106 valence electrons. The van der Waals surface area contributed by atoms with Gasteiger partial charge in [0.25, 0.3) is 10.0 Å². The lowest BCUT2D eigenvalue weighted by Gasteiger charge is -2.11. The van der Waals surface area contributed by atoms with Crippen LogP contribution in [0.5, 0.6) is 5.75 Å². The van der Waals surface area contributed by atoms with Crippen molar-refractivity contribution in [2.24, 2.45) is 0 Å². The van der Waals surface area contributed by atoms with Gasteiger partial charge in [-0.3, -0.25) is 4.72 Å². The molecule has 0 radical (unpaired) electrons. The lowest BCUT2D eigenvalue weighted by Crippen LogP contribution is -2.14. The smallest absolute Gasteiger partial charge is 0.261 e. The number of phenolic OH excluding ortho intramolecular Hbond substituents is 1. The van der Waals surface area contributed by atoms with Gasteiger partial charge in [-0.1, -0.05) is 22.0 Å².